The van der Waals surface area contributed by atoms with Gasteiger partial charge in [-0.1, -0.05) is 11.6 Å². The maximum absolute atomic E-state index is 14.1. The molecule has 3 N–H and O–H groups in total. The Morgan fingerprint density at radius 2 is 2.05 bits per heavy atom. The van der Waals surface area contributed by atoms with Crippen LogP contribution in [0.3, 0.4) is 0 Å². The molecule has 3 aromatic rings. The lowest BCUT2D eigenvalue weighted by Gasteiger charge is -2.07. The highest BCUT2D eigenvalue weighted by Crippen LogP contribution is 2.30. The molecule has 1 aromatic carbocycles. The summed E-state index contributed by atoms with van der Waals surface area (Å²) < 4.78 is 28.2. The van der Waals surface area contributed by atoms with Crippen LogP contribution >= 0.6 is 27.5 Å². The van der Waals surface area contributed by atoms with Crippen LogP contribution in [0.2, 0.25) is 5.02 Å². The van der Waals surface area contributed by atoms with Crippen LogP contribution in [-0.4, -0.2) is 15.8 Å². The zero-order chi connectivity index (χ0) is 16.0. The van der Waals surface area contributed by atoms with Crippen LogP contribution in [0, 0.1) is 11.6 Å². The molecule has 112 valence electrons. The van der Waals surface area contributed by atoms with Gasteiger partial charge < -0.3 is 10.7 Å². The topological polar surface area (TPSA) is 71.8 Å². The minimum Gasteiger partial charge on any atom is -0.396 e. The molecule has 0 saturated heterocycles. The maximum atomic E-state index is 14.1. The molecule has 3 rings (SSSR count). The number of aromatic amines is 1. The van der Waals surface area contributed by atoms with Gasteiger partial charge in [0.05, 0.1) is 20.7 Å². The van der Waals surface area contributed by atoms with E-state index in [1.165, 1.54) is 18.5 Å². The van der Waals surface area contributed by atoms with E-state index >= 15 is 0 Å². The van der Waals surface area contributed by atoms with Gasteiger partial charge in [-0.15, -0.1) is 0 Å². The number of hydrogen-bond acceptors (Lipinski definition) is 3. The van der Waals surface area contributed by atoms with E-state index < -0.39 is 23.0 Å². The standard InChI is InChI=1S/C14H7BrClF2N3O/c15-8-2-9(19)12(18)10(11(8)17)13(22)7-4-21-14-6(7)1-5(16)3-20-14/h1-4H,19H2,(H,20,21). The number of pyridine rings is 1. The summed E-state index contributed by atoms with van der Waals surface area (Å²) >= 11 is 8.76. The summed E-state index contributed by atoms with van der Waals surface area (Å²) in [5.74, 6) is -2.96. The van der Waals surface area contributed by atoms with Crippen molar-refractivity contribution >= 4 is 50.0 Å². The molecule has 22 heavy (non-hydrogen) atoms. The summed E-state index contributed by atoms with van der Waals surface area (Å²) in [6.07, 6.45) is 2.72. The van der Waals surface area contributed by atoms with E-state index in [1.54, 1.807) is 0 Å². The van der Waals surface area contributed by atoms with Crippen molar-refractivity contribution in [3.8, 4) is 0 Å². The third-order valence-electron chi connectivity index (χ3n) is 3.15. The minimum absolute atomic E-state index is 0.0558. The first-order valence-electron chi connectivity index (χ1n) is 6.00. The zero-order valence-electron chi connectivity index (χ0n) is 10.8. The van der Waals surface area contributed by atoms with Gasteiger partial charge in [0.15, 0.2) is 11.6 Å². The summed E-state index contributed by atoms with van der Waals surface area (Å²) in [7, 11) is 0. The molecule has 2 aromatic heterocycles. The van der Waals surface area contributed by atoms with Gasteiger partial charge in [-0.05, 0) is 28.1 Å². The Hall–Kier alpha value is -1.99. The van der Waals surface area contributed by atoms with Crippen molar-refractivity contribution in [3.63, 3.8) is 0 Å². The van der Waals surface area contributed by atoms with Gasteiger partial charge in [0.25, 0.3) is 0 Å². The van der Waals surface area contributed by atoms with Gasteiger partial charge in [-0.25, -0.2) is 13.8 Å². The molecule has 0 aliphatic carbocycles. The predicted octanol–water partition coefficient (Wildman–Crippen LogP) is 4.07. The molecule has 2 heterocycles. The van der Waals surface area contributed by atoms with Crippen LogP contribution in [0.4, 0.5) is 14.5 Å². The first-order chi connectivity index (χ1) is 10.4. The fourth-order valence-electron chi connectivity index (χ4n) is 2.12. The second-order valence-electron chi connectivity index (χ2n) is 4.53. The van der Waals surface area contributed by atoms with Gasteiger partial charge in [0.2, 0.25) is 5.78 Å². The maximum Gasteiger partial charge on any atom is 0.201 e. The minimum atomic E-state index is -1.10. The van der Waals surface area contributed by atoms with Gasteiger partial charge in [0, 0.05) is 23.3 Å². The van der Waals surface area contributed by atoms with E-state index in [1.807, 2.05) is 0 Å². The van der Waals surface area contributed by atoms with Crippen LogP contribution in [0.5, 0.6) is 0 Å². The average Bonchev–Trinajstić information content (AvgIpc) is 2.88. The number of nitrogens with two attached hydrogens (primary N) is 1. The van der Waals surface area contributed by atoms with Crippen LogP contribution in [0.1, 0.15) is 15.9 Å². The number of ketones is 1. The van der Waals surface area contributed by atoms with Crippen LogP contribution in [-0.2, 0) is 0 Å². The SMILES string of the molecule is Nc1cc(Br)c(F)c(C(=O)c2c[nH]c3ncc(Cl)cc23)c1F. The lowest BCUT2D eigenvalue weighted by Crippen LogP contribution is -2.10. The summed E-state index contributed by atoms with van der Waals surface area (Å²) in [6.45, 7) is 0. The number of carbonyl (C=O) groups is 1. The lowest BCUT2D eigenvalue weighted by molar-refractivity contribution is 0.103. The second-order valence-corrected chi connectivity index (χ2v) is 5.82. The average molecular weight is 387 g/mol. The van der Waals surface area contributed by atoms with Crippen molar-refractivity contribution in [1.29, 1.82) is 0 Å². The fraction of sp³-hybridized carbons (Fsp3) is 0. The Morgan fingerprint density at radius 3 is 2.77 bits per heavy atom. The number of anilines is 1. The molecular formula is C14H7BrClF2N3O. The number of halogens is 4. The number of nitrogens with zero attached hydrogens (tertiary/aromatic N) is 1. The van der Waals surface area contributed by atoms with Crippen molar-refractivity contribution in [2.24, 2.45) is 0 Å². The van der Waals surface area contributed by atoms with Crippen molar-refractivity contribution in [2.75, 3.05) is 5.73 Å². The Kier molecular flexibility index (Phi) is 3.62. The fourth-order valence-corrected chi connectivity index (χ4v) is 2.73. The van der Waals surface area contributed by atoms with Crippen LogP contribution in [0.15, 0.2) is 29.0 Å². The van der Waals surface area contributed by atoms with Crippen molar-refractivity contribution in [1.82, 2.24) is 9.97 Å². The van der Waals surface area contributed by atoms with E-state index in [4.69, 9.17) is 17.3 Å². The molecule has 0 spiro atoms. The highest BCUT2D eigenvalue weighted by Gasteiger charge is 2.25. The number of H-pyrrole nitrogens is 1. The Morgan fingerprint density at radius 1 is 1.32 bits per heavy atom. The molecule has 0 bridgehead atoms. The number of aromatic nitrogens is 2. The number of hydrogen-bond donors (Lipinski definition) is 2. The van der Waals surface area contributed by atoms with Crippen molar-refractivity contribution in [3.05, 3.63) is 56.8 Å². The lowest BCUT2D eigenvalue weighted by atomic mass is 10.0. The molecule has 0 saturated carbocycles. The van der Waals surface area contributed by atoms with E-state index in [9.17, 15) is 13.6 Å². The first-order valence-corrected chi connectivity index (χ1v) is 7.17. The van der Waals surface area contributed by atoms with Crippen molar-refractivity contribution in [2.45, 2.75) is 0 Å². The number of benzene rings is 1. The number of nitrogen functional groups attached to an aromatic ring is 1. The second kappa shape index (κ2) is 5.33. The zero-order valence-corrected chi connectivity index (χ0v) is 13.1. The highest BCUT2D eigenvalue weighted by molar-refractivity contribution is 9.10. The Bertz CT molecular complexity index is 900. The third-order valence-corrected chi connectivity index (χ3v) is 3.94. The molecule has 0 aliphatic heterocycles. The molecule has 8 heteroatoms. The smallest absolute Gasteiger partial charge is 0.201 e. The summed E-state index contributed by atoms with van der Waals surface area (Å²) in [5, 5.41) is 0.672. The number of rotatable bonds is 2. The molecule has 0 unspecified atom stereocenters. The number of fused-ring (bicyclic) bond motifs is 1. The Balaban J connectivity index is 2.25. The van der Waals surface area contributed by atoms with Crippen LogP contribution < -0.4 is 5.73 Å². The normalized spacial score (nSPS) is 11.1. The summed E-state index contributed by atoms with van der Waals surface area (Å²) in [4.78, 5) is 19.3. The van der Waals surface area contributed by atoms with Gasteiger partial charge in [0.1, 0.15) is 5.65 Å². The number of nitrogens with one attached hydrogen (secondary N) is 1. The molecule has 0 fully saturated rings. The largest absolute Gasteiger partial charge is 0.396 e. The van der Waals surface area contributed by atoms with E-state index in [0.717, 1.165) is 6.07 Å². The third kappa shape index (κ3) is 2.26. The molecule has 4 nitrogen and oxygen atoms in total. The summed E-state index contributed by atoms with van der Waals surface area (Å²) in [6, 6.07) is 2.56. The predicted molar refractivity (Wildman–Crippen MR) is 83.0 cm³/mol. The Labute approximate surface area is 136 Å². The van der Waals surface area contributed by atoms with Gasteiger partial charge in [-0.3, -0.25) is 4.79 Å². The van der Waals surface area contributed by atoms with Gasteiger partial charge in [-0.2, -0.15) is 0 Å². The van der Waals surface area contributed by atoms with E-state index in [0.29, 0.717) is 16.1 Å². The molecule has 0 aliphatic rings. The molecular weight excluding hydrogens is 380 g/mol. The molecule has 0 atom stereocenters. The van der Waals surface area contributed by atoms with Crippen LogP contribution in [0.25, 0.3) is 11.0 Å². The quantitative estimate of drug-likeness (QED) is 0.396. The summed E-state index contributed by atoms with van der Waals surface area (Å²) in [5.41, 5.74) is 4.84. The highest BCUT2D eigenvalue weighted by atomic mass is 79.9. The molecule has 0 radical (unpaired) electrons. The van der Waals surface area contributed by atoms with Gasteiger partial charge >= 0.3 is 0 Å². The van der Waals surface area contributed by atoms with E-state index in [-0.39, 0.29) is 15.7 Å². The van der Waals surface area contributed by atoms with E-state index in [2.05, 4.69) is 25.9 Å². The first kappa shape index (κ1) is 14.9. The number of carbonyl (C=O) groups excluding carboxylic acids is 1. The monoisotopic (exact) mass is 385 g/mol. The van der Waals surface area contributed by atoms with Crippen molar-refractivity contribution < 1.29 is 13.6 Å². The molecule has 0 amide bonds.